The molecule has 5 saturated carbocycles. The van der Waals surface area contributed by atoms with E-state index in [2.05, 4.69) is 39.5 Å². The largest absolute Gasteiger partial charge is 0.446 e. The van der Waals surface area contributed by atoms with E-state index in [4.69, 9.17) is 18.9 Å². The first-order chi connectivity index (χ1) is 23.0. The Morgan fingerprint density at radius 2 is 1.65 bits per heavy atom. The van der Waals surface area contributed by atoms with Gasteiger partial charge in [-0.1, -0.05) is 34.6 Å². The second kappa shape index (κ2) is 11.5. The van der Waals surface area contributed by atoms with Crippen LogP contribution in [0.25, 0.3) is 0 Å². The third kappa shape index (κ3) is 4.73. The zero-order chi connectivity index (χ0) is 34.9. The van der Waals surface area contributed by atoms with Crippen molar-refractivity contribution in [2.24, 2.45) is 50.7 Å². The lowest BCUT2D eigenvalue weighted by Gasteiger charge is -2.63. The molecule has 1 amide bonds. The zero-order valence-corrected chi connectivity index (χ0v) is 31.7. The molecule has 8 rings (SSSR count). The van der Waals surface area contributed by atoms with Crippen LogP contribution in [-0.2, 0) is 18.9 Å². The van der Waals surface area contributed by atoms with Gasteiger partial charge in [-0.3, -0.25) is 4.90 Å². The highest BCUT2D eigenvalue weighted by Gasteiger charge is 2.84. The Labute approximate surface area is 295 Å². The molecule has 49 heavy (non-hydrogen) atoms. The number of fused-ring (bicyclic) bond motifs is 4. The average Bonchev–Trinajstić information content (AvgIpc) is 3.65. The van der Waals surface area contributed by atoms with Gasteiger partial charge in [0, 0.05) is 43.6 Å². The van der Waals surface area contributed by atoms with E-state index >= 15 is 0 Å². The van der Waals surface area contributed by atoms with Crippen molar-refractivity contribution in [2.75, 3.05) is 46.0 Å². The average molecular weight is 687 g/mol. The number of piperazine rings is 1. The Balaban J connectivity index is 0.994. The van der Waals surface area contributed by atoms with Gasteiger partial charge in [-0.2, -0.15) is 0 Å². The van der Waals surface area contributed by atoms with Gasteiger partial charge in [0.2, 0.25) is 0 Å². The molecule has 13 atom stereocenters. The van der Waals surface area contributed by atoms with Gasteiger partial charge in [0.25, 0.3) is 0 Å². The van der Waals surface area contributed by atoms with E-state index in [1.165, 1.54) is 12.8 Å². The van der Waals surface area contributed by atoms with Crippen LogP contribution in [0.15, 0.2) is 0 Å². The molecule has 2 N–H and O–H groups in total. The first-order valence-electron chi connectivity index (χ1n) is 20.0. The minimum atomic E-state index is -1.03. The number of carbonyl (C=O) groups is 1. The summed E-state index contributed by atoms with van der Waals surface area (Å²) in [5.41, 5.74) is -0.853. The van der Waals surface area contributed by atoms with Crippen LogP contribution in [0.3, 0.4) is 0 Å². The number of ether oxygens (including phenoxy) is 4. The molecular weight excluding hydrogens is 620 g/mol. The summed E-state index contributed by atoms with van der Waals surface area (Å²) < 4.78 is 24.9. The number of aliphatic hydroxyl groups is 2. The smallest absolute Gasteiger partial charge is 0.410 e. The van der Waals surface area contributed by atoms with Crippen molar-refractivity contribution in [1.29, 1.82) is 0 Å². The Bertz CT molecular complexity index is 1290. The van der Waals surface area contributed by atoms with Gasteiger partial charge in [0.15, 0.2) is 0 Å². The van der Waals surface area contributed by atoms with Crippen LogP contribution in [0.1, 0.15) is 107 Å². The summed E-state index contributed by atoms with van der Waals surface area (Å²) >= 11 is 0. The van der Waals surface area contributed by atoms with E-state index in [-0.39, 0.29) is 57.4 Å². The van der Waals surface area contributed by atoms with Gasteiger partial charge in [0.05, 0.1) is 43.2 Å². The van der Waals surface area contributed by atoms with Gasteiger partial charge >= 0.3 is 6.09 Å². The highest BCUT2D eigenvalue weighted by atomic mass is 16.6. The third-order valence-electron chi connectivity index (χ3n) is 17.1. The molecule has 0 aromatic carbocycles. The molecule has 0 bridgehead atoms. The van der Waals surface area contributed by atoms with E-state index in [9.17, 15) is 15.0 Å². The maximum atomic E-state index is 13.5. The fraction of sp³-hybridized carbons (Fsp3) is 0.975. The van der Waals surface area contributed by atoms with E-state index < -0.39 is 17.8 Å². The summed E-state index contributed by atoms with van der Waals surface area (Å²) in [6.07, 6.45) is 7.12. The van der Waals surface area contributed by atoms with E-state index in [1.54, 1.807) is 0 Å². The van der Waals surface area contributed by atoms with Crippen LogP contribution >= 0.6 is 0 Å². The van der Waals surface area contributed by atoms with Crippen LogP contribution in [0, 0.1) is 50.7 Å². The molecule has 8 fully saturated rings. The highest BCUT2D eigenvalue weighted by molar-refractivity contribution is 5.68. The Morgan fingerprint density at radius 3 is 2.29 bits per heavy atom. The van der Waals surface area contributed by atoms with Crippen molar-refractivity contribution in [3.05, 3.63) is 0 Å². The maximum Gasteiger partial charge on any atom is 0.410 e. The van der Waals surface area contributed by atoms with Crippen LogP contribution in [0.2, 0.25) is 0 Å². The minimum absolute atomic E-state index is 0.0121. The molecule has 3 heterocycles. The molecule has 3 saturated heterocycles. The van der Waals surface area contributed by atoms with Gasteiger partial charge in [-0.25, -0.2) is 4.79 Å². The fourth-order valence-electron chi connectivity index (χ4n) is 14.6. The Kier molecular flexibility index (Phi) is 8.24. The number of amides is 1. The molecule has 8 aliphatic rings. The number of carbonyl (C=O) groups excluding carboxylic acids is 1. The van der Waals surface area contributed by atoms with Crippen molar-refractivity contribution in [1.82, 2.24) is 9.80 Å². The number of rotatable bonds is 6. The van der Waals surface area contributed by atoms with Crippen molar-refractivity contribution >= 4 is 6.09 Å². The lowest BCUT2D eigenvalue weighted by Crippen LogP contribution is -2.60. The van der Waals surface area contributed by atoms with Gasteiger partial charge < -0.3 is 34.1 Å². The second-order valence-electron chi connectivity index (χ2n) is 19.7. The van der Waals surface area contributed by atoms with Crippen molar-refractivity contribution in [3.63, 3.8) is 0 Å². The summed E-state index contributed by atoms with van der Waals surface area (Å²) in [4.78, 5) is 17.9. The number of nitrogens with zero attached hydrogens (tertiary/aromatic N) is 2. The number of hydrogen-bond donors (Lipinski definition) is 2. The SMILES string of the molecule is CCO[C@@H]([C@H]1C[C@@H](C)[C@H]2[C@H](O1)[C@H](O)[C@@]1(C)[C@@H]3CC[C@H]4C(C)(C)[C@@H](OC(=O)N5CCN(C6COC6)CC5)CC[C@@]45C[C@@]35CC[C@]21C)C(C)(C)O. The quantitative estimate of drug-likeness (QED) is 0.378. The maximum absolute atomic E-state index is 13.5. The molecule has 9 heteroatoms. The molecule has 9 nitrogen and oxygen atoms in total. The molecule has 0 aromatic heterocycles. The minimum Gasteiger partial charge on any atom is -0.446 e. The number of aliphatic hydroxyl groups excluding tert-OH is 1. The molecule has 2 spiro atoms. The van der Waals surface area contributed by atoms with Crippen LogP contribution < -0.4 is 0 Å². The highest BCUT2D eigenvalue weighted by Crippen LogP contribution is 2.89. The van der Waals surface area contributed by atoms with E-state index in [1.807, 2.05) is 25.7 Å². The van der Waals surface area contributed by atoms with Gasteiger partial charge in [0.1, 0.15) is 12.2 Å². The van der Waals surface area contributed by atoms with Gasteiger partial charge in [-0.05, 0) is 112 Å². The molecule has 0 aromatic rings. The summed E-state index contributed by atoms with van der Waals surface area (Å²) in [7, 11) is 0. The molecule has 3 aliphatic heterocycles. The van der Waals surface area contributed by atoms with Crippen molar-refractivity contribution in [2.45, 2.75) is 149 Å². The lowest BCUT2D eigenvalue weighted by molar-refractivity contribution is -0.215. The van der Waals surface area contributed by atoms with Gasteiger partial charge in [-0.15, -0.1) is 0 Å². The van der Waals surface area contributed by atoms with E-state index in [0.29, 0.717) is 30.4 Å². The molecule has 278 valence electrons. The van der Waals surface area contributed by atoms with Crippen molar-refractivity contribution < 1.29 is 34.0 Å². The standard InChI is InChI=1S/C40H66N2O7/c1-9-47-33(36(5,6)45)26-20-24(2)30-31(48-26)32(43)38(8)28-11-10-27-35(3,4)29(12-13-39(27)23-40(28,39)15-14-37(30,38)7)49-34(44)42-18-16-41(17-19-42)25-21-46-22-25/h24-33,43,45H,9-23H2,1-8H3/t24-,26-,27+,28+,29+,30+,31+,32+,33+,37-,38-,39-,40+/m1/s1. The number of hydrogen-bond acceptors (Lipinski definition) is 8. The monoisotopic (exact) mass is 686 g/mol. The summed E-state index contributed by atoms with van der Waals surface area (Å²) in [6, 6.07) is 0.515. The molecule has 5 aliphatic carbocycles. The first-order valence-corrected chi connectivity index (χ1v) is 20.0. The third-order valence-corrected chi connectivity index (χ3v) is 17.1. The normalized spacial score (nSPS) is 49.8. The molecular formula is C40H66N2O7. The van der Waals surface area contributed by atoms with Crippen LogP contribution in [0.4, 0.5) is 4.79 Å². The second-order valence-corrected chi connectivity index (χ2v) is 19.7. The lowest BCUT2D eigenvalue weighted by atomic mass is 9.41. The first kappa shape index (κ1) is 35.1. The predicted octanol–water partition coefficient (Wildman–Crippen LogP) is 5.50. The topological polar surface area (TPSA) is 101 Å². The fourth-order valence-corrected chi connectivity index (χ4v) is 14.6. The zero-order valence-electron chi connectivity index (χ0n) is 31.7. The molecule has 0 radical (unpaired) electrons. The molecule has 0 unspecified atom stereocenters. The van der Waals surface area contributed by atoms with Crippen LogP contribution in [0.5, 0.6) is 0 Å². The Morgan fingerprint density at radius 1 is 0.980 bits per heavy atom. The summed E-state index contributed by atoms with van der Waals surface area (Å²) in [5, 5.41) is 23.7. The summed E-state index contributed by atoms with van der Waals surface area (Å²) in [5.74, 6) is 1.63. The van der Waals surface area contributed by atoms with Crippen LogP contribution in [-0.4, -0.2) is 114 Å². The van der Waals surface area contributed by atoms with E-state index in [0.717, 1.165) is 77.9 Å². The Hall–Kier alpha value is -0.970. The van der Waals surface area contributed by atoms with Crippen molar-refractivity contribution in [3.8, 4) is 0 Å². The summed E-state index contributed by atoms with van der Waals surface area (Å²) in [6.45, 7) is 23.1. The predicted molar refractivity (Wildman–Crippen MR) is 186 cm³/mol.